The Labute approximate surface area is 118 Å². The molecule has 0 spiro atoms. The molecule has 20 heavy (non-hydrogen) atoms. The summed E-state index contributed by atoms with van der Waals surface area (Å²) < 4.78 is 5.49. The van der Waals surface area contributed by atoms with Gasteiger partial charge in [-0.2, -0.15) is 4.98 Å². The molecule has 2 aliphatic rings. The van der Waals surface area contributed by atoms with Crippen molar-refractivity contribution in [3.05, 3.63) is 17.8 Å². The lowest BCUT2D eigenvalue weighted by atomic mass is 10.1. The van der Waals surface area contributed by atoms with Crippen molar-refractivity contribution < 1.29 is 20.1 Å². The Morgan fingerprint density at radius 1 is 1.45 bits per heavy atom. The Morgan fingerprint density at radius 2 is 2.20 bits per heavy atom. The van der Waals surface area contributed by atoms with Gasteiger partial charge in [0.05, 0.1) is 16.5 Å². The van der Waals surface area contributed by atoms with Gasteiger partial charge in [0.25, 0.3) is 0 Å². The van der Waals surface area contributed by atoms with Crippen molar-refractivity contribution in [2.45, 2.75) is 29.4 Å². The van der Waals surface area contributed by atoms with Crippen LogP contribution in [-0.4, -0.2) is 56.4 Å². The van der Waals surface area contributed by atoms with Gasteiger partial charge in [0, 0.05) is 6.20 Å². The van der Waals surface area contributed by atoms with E-state index in [1.807, 2.05) is 0 Å². The molecule has 1 aromatic rings. The first-order valence-electron chi connectivity index (χ1n) is 5.94. The fourth-order valence-corrected chi connectivity index (χ4v) is 3.15. The number of aromatic nitrogens is 2. The van der Waals surface area contributed by atoms with Gasteiger partial charge in [-0.15, -0.1) is 0 Å². The standard InChI is InChI=1S/C11H14N4O4S/c1-4-15(9-6(20-4)2-13-11(12)14-9)10-8(18)7(17)5(3-16)19-10/h2,5,7-8,10,16-18H,1,3H2,(H2,12,13,14)/t5-,7-,8-,10-/m1/s1. The fourth-order valence-electron chi connectivity index (χ4n) is 2.27. The lowest BCUT2D eigenvalue weighted by Gasteiger charge is -2.27. The molecular weight excluding hydrogens is 284 g/mol. The van der Waals surface area contributed by atoms with Gasteiger partial charge in [-0.1, -0.05) is 18.3 Å². The molecule has 3 heterocycles. The van der Waals surface area contributed by atoms with Gasteiger partial charge in [-0.3, -0.25) is 4.90 Å². The maximum absolute atomic E-state index is 10.1. The maximum Gasteiger partial charge on any atom is 0.222 e. The third kappa shape index (κ3) is 1.95. The Hall–Kier alpha value is -1.39. The molecule has 0 unspecified atom stereocenters. The summed E-state index contributed by atoms with van der Waals surface area (Å²) in [7, 11) is 0. The topological polar surface area (TPSA) is 125 Å². The highest BCUT2D eigenvalue weighted by Crippen LogP contribution is 2.46. The molecule has 0 aromatic carbocycles. The van der Waals surface area contributed by atoms with E-state index in [4.69, 9.17) is 15.6 Å². The van der Waals surface area contributed by atoms with Crippen LogP contribution in [0.15, 0.2) is 22.7 Å². The number of nitrogen functional groups attached to an aromatic ring is 1. The third-order valence-corrected chi connectivity index (χ3v) is 4.19. The van der Waals surface area contributed by atoms with Gasteiger partial charge in [0.2, 0.25) is 5.95 Å². The number of hydrogen-bond acceptors (Lipinski definition) is 9. The maximum atomic E-state index is 10.1. The van der Waals surface area contributed by atoms with E-state index in [-0.39, 0.29) is 12.6 Å². The summed E-state index contributed by atoms with van der Waals surface area (Å²) in [6, 6.07) is 0. The number of nitrogens with two attached hydrogens (primary N) is 1. The average molecular weight is 298 g/mol. The van der Waals surface area contributed by atoms with E-state index in [9.17, 15) is 10.2 Å². The molecule has 1 saturated heterocycles. The van der Waals surface area contributed by atoms with Crippen LogP contribution in [0.25, 0.3) is 0 Å². The molecule has 108 valence electrons. The average Bonchev–Trinajstić information content (AvgIpc) is 2.88. The van der Waals surface area contributed by atoms with E-state index >= 15 is 0 Å². The number of ether oxygens (including phenoxy) is 1. The summed E-state index contributed by atoms with van der Waals surface area (Å²) in [6.07, 6.45) is -2.53. The predicted octanol–water partition coefficient (Wildman–Crippen LogP) is -1.12. The van der Waals surface area contributed by atoms with Crippen molar-refractivity contribution in [3.63, 3.8) is 0 Å². The van der Waals surface area contributed by atoms with Crippen LogP contribution in [0.1, 0.15) is 0 Å². The zero-order valence-corrected chi connectivity index (χ0v) is 11.2. The number of aliphatic hydroxyl groups is 3. The van der Waals surface area contributed by atoms with Crippen molar-refractivity contribution in [3.8, 4) is 0 Å². The monoisotopic (exact) mass is 298 g/mol. The summed E-state index contributed by atoms with van der Waals surface area (Å²) in [6.45, 7) is 3.49. The lowest BCUT2D eigenvalue weighted by Crippen LogP contribution is -2.42. The van der Waals surface area contributed by atoms with Crippen LogP contribution in [0.3, 0.4) is 0 Å². The number of thioether (sulfide) groups is 1. The molecular formula is C11H14N4O4S. The molecule has 2 aliphatic heterocycles. The Morgan fingerprint density at radius 3 is 2.85 bits per heavy atom. The summed E-state index contributed by atoms with van der Waals surface area (Å²) in [5.74, 6) is 0.568. The van der Waals surface area contributed by atoms with Crippen LogP contribution < -0.4 is 10.6 Å². The van der Waals surface area contributed by atoms with Gasteiger partial charge in [0.1, 0.15) is 18.3 Å². The minimum absolute atomic E-state index is 0.0933. The molecule has 5 N–H and O–H groups in total. The Balaban J connectivity index is 1.96. The molecule has 1 fully saturated rings. The summed E-state index contributed by atoms with van der Waals surface area (Å²) in [5.41, 5.74) is 5.57. The van der Waals surface area contributed by atoms with Gasteiger partial charge >= 0.3 is 0 Å². The molecule has 0 radical (unpaired) electrons. The highest BCUT2D eigenvalue weighted by molar-refractivity contribution is 8.03. The van der Waals surface area contributed by atoms with Gasteiger partial charge in [-0.05, 0) is 0 Å². The molecule has 9 heteroatoms. The molecule has 0 saturated carbocycles. The fraction of sp³-hybridized carbons (Fsp3) is 0.455. The highest BCUT2D eigenvalue weighted by atomic mass is 32.2. The molecule has 1 aromatic heterocycles. The molecule has 0 aliphatic carbocycles. The first-order chi connectivity index (χ1) is 9.52. The minimum atomic E-state index is -1.19. The second-order valence-corrected chi connectivity index (χ2v) is 5.63. The second kappa shape index (κ2) is 4.86. The van der Waals surface area contributed by atoms with Crippen molar-refractivity contribution in [2.24, 2.45) is 0 Å². The zero-order valence-electron chi connectivity index (χ0n) is 10.4. The van der Waals surface area contributed by atoms with E-state index in [0.29, 0.717) is 10.8 Å². The molecule has 0 amide bonds. The number of nitrogens with zero attached hydrogens (tertiary/aromatic N) is 3. The van der Waals surface area contributed by atoms with E-state index < -0.39 is 24.5 Å². The van der Waals surface area contributed by atoms with E-state index in [1.54, 1.807) is 11.1 Å². The Bertz CT molecular complexity index is 557. The van der Waals surface area contributed by atoms with Crippen molar-refractivity contribution in [2.75, 3.05) is 17.2 Å². The summed E-state index contributed by atoms with van der Waals surface area (Å²) in [5, 5.41) is 29.6. The Kier molecular flexibility index (Phi) is 3.30. The van der Waals surface area contributed by atoms with Gasteiger partial charge in [0.15, 0.2) is 12.0 Å². The van der Waals surface area contributed by atoms with Crippen molar-refractivity contribution in [1.29, 1.82) is 0 Å². The molecule has 8 nitrogen and oxygen atoms in total. The summed E-state index contributed by atoms with van der Waals surface area (Å²) >= 11 is 1.32. The van der Waals surface area contributed by atoms with Crippen molar-refractivity contribution >= 4 is 23.5 Å². The SMILES string of the molecule is C=C1Sc2cnc(N)nc2N1[C@@H]1O[C@H](CO)[C@@H](O)[C@H]1O. The zero-order chi connectivity index (χ0) is 14.4. The van der Waals surface area contributed by atoms with Crippen LogP contribution >= 0.6 is 11.8 Å². The lowest BCUT2D eigenvalue weighted by molar-refractivity contribution is -0.0205. The molecule has 3 rings (SSSR count). The van der Waals surface area contributed by atoms with Crippen molar-refractivity contribution in [1.82, 2.24) is 9.97 Å². The number of anilines is 2. The number of fused-ring (bicyclic) bond motifs is 1. The number of hydrogen-bond donors (Lipinski definition) is 4. The van der Waals surface area contributed by atoms with Crippen LogP contribution in [0, 0.1) is 0 Å². The van der Waals surface area contributed by atoms with E-state index in [1.165, 1.54) is 11.8 Å². The predicted molar refractivity (Wildman–Crippen MR) is 71.7 cm³/mol. The van der Waals surface area contributed by atoms with Gasteiger partial charge < -0.3 is 25.8 Å². The minimum Gasteiger partial charge on any atom is -0.394 e. The molecule has 4 atom stereocenters. The van der Waals surface area contributed by atoms with E-state index in [0.717, 1.165) is 4.90 Å². The number of rotatable bonds is 2. The smallest absolute Gasteiger partial charge is 0.222 e. The van der Waals surface area contributed by atoms with Crippen LogP contribution in [0.5, 0.6) is 0 Å². The summed E-state index contributed by atoms with van der Waals surface area (Å²) in [4.78, 5) is 10.3. The highest BCUT2D eigenvalue weighted by Gasteiger charge is 2.48. The first-order valence-corrected chi connectivity index (χ1v) is 6.75. The third-order valence-electron chi connectivity index (χ3n) is 3.25. The first kappa shape index (κ1) is 13.6. The van der Waals surface area contributed by atoms with Crippen LogP contribution in [0.2, 0.25) is 0 Å². The quantitative estimate of drug-likeness (QED) is 0.537. The molecule has 0 bridgehead atoms. The second-order valence-electron chi connectivity index (χ2n) is 4.51. The van der Waals surface area contributed by atoms with Crippen LogP contribution in [-0.2, 0) is 4.74 Å². The normalized spacial score (nSPS) is 32.8. The van der Waals surface area contributed by atoms with E-state index in [2.05, 4.69) is 16.5 Å². The van der Waals surface area contributed by atoms with Crippen LogP contribution in [0.4, 0.5) is 11.8 Å². The largest absolute Gasteiger partial charge is 0.394 e. The number of aliphatic hydroxyl groups excluding tert-OH is 3. The van der Waals surface area contributed by atoms with Gasteiger partial charge in [-0.25, -0.2) is 4.98 Å².